The summed E-state index contributed by atoms with van der Waals surface area (Å²) in [5.74, 6) is -2.89. The summed E-state index contributed by atoms with van der Waals surface area (Å²) in [7, 11) is 4.87. The average Bonchev–Trinajstić information content (AvgIpc) is 2.78. The Morgan fingerprint density at radius 3 is 2.13 bits per heavy atom. The second-order valence-corrected chi connectivity index (χ2v) is 11.2. The van der Waals surface area contributed by atoms with Crippen molar-refractivity contribution in [1.29, 1.82) is 0 Å². The van der Waals surface area contributed by atoms with Gasteiger partial charge in [-0.3, -0.25) is 0 Å². The van der Waals surface area contributed by atoms with Crippen LogP contribution in [-0.4, -0.2) is 102 Å². The third-order valence-corrected chi connectivity index (χ3v) is 8.21. The van der Waals surface area contributed by atoms with Gasteiger partial charge in [-0.15, -0.1) is 0 Å². The summed E-state index contributed by atoms with van der Waals surface area (Å²) in [6.45, 7) is 9.75. The second kappa shape index (κ2) is 10.8. The van der Waals surface area contributed by atoms with Gasteiger partial charge in [0, 0.05) is 0 Å². The first kappa shape index (κ1) is 30.5. The van der Waals surface area contributed by atoms with Crippen molar-refractivity contribution in [2.75, 3.05) is 6.61 Å². The second-order valence-electron chi connectivity index (χ2n) is 11.2. The van der Waals surface area contributed by atoms with E-state index in [1.165, 1.54) is 34.7 Å². The summed E-state index contributed by atoms with van der Waals surface area (Å²) < 4.78 is 28.9. The van der Waals surface area contributed by atoms with Gasteiger partial charge in [0.15, 0.2) is 0 Å². The summed E-state index contributed by atoms with van der Waals surface area (Å²) in [5.41, 5.74) is -4.04. The molecule has 210 valence electrons. The molecule has 0 aromatic carbocycles. The van der Waals surface area contributed by atoms with Crippen LogP contribution >= 0.6 is 0 Å². The molecule has 0 bridgehead atoms. The van der Waals surface area contributed by atoms with Crippen molar-refractivity contribution in [2.24, 2.45) is 11.3 Å². The van der Waals surface area contributed by atoms with E-state index in [-0.39, 0.29) is 25.0 Å². The number of rotatable bonds is 6. The molecule has 11 nitrogen and oxygen atoms in total. The number of aliphatic hydroxyl groups is 3. The molecule has 3 aliphatic rings. The van der Waals surface area contributed by atoms with E-state index in [1.54, 1.807) is 13.8 Å². The molecular formula is C25H38B2O11. The third-order valence-electron chi connectivity index (χ3n) is 8.21. The normalized spacial score (nSPS) is 40.9. The van der Waals surface area contributed by atoms with Crippen molar-refractivity contribution in [3.8, 4) is 0 Å². The number of aliphatic hydroxyl groups excluding tert-OH is 2. The van der Waals surface area contributed by atoms with Gasteiger partial charge in [-0.2, -0.15) is 0 Å². The molecule has 0 radical (unpaired) electrons. The zero-order valence-electron chi connectivity index (χ0n) is 23.1. The van der Waals surface area contributed by atoms with Crippen LogP contribution in [0.1, 0.15) is 61.3 Å². The maximum absolute atomic E-state index is 12.3. The zero-order chi connectivity index (χ0) is 28.8. The summed E-state index contributed by atoms with van der Waals surface area (Å²) in [6.07, 6.45) is -6.95. The standard InChI is InChI=1S/C25H38B2O11/c1-11-15(35-12(2)28)8-16(38-27-26)21-24(7,17(31)9-18-25(21,10-34-18)37-14(4)30)22(32)20(36-13(3)29)19(11)23(5,6)33/h15-18,20-22,26,31-33H,8-10H2,1-7H3/b19-11-/t15-,16+,17-,18+,20+,21-,22-,24+,25-/m0/s1. The predicted octanol–water partition coefficient (Wildman–Crippen LogP) is -0.390. The molecule has 13 heteroatoms. The first-order chi connectivity index (χ1) is 17.5. The van der Waals surface area contributed by atoms with E-state index in [2.05, 4.69) is 7.37 Å². The Hall–Kier alpha value is -2.08. The van der Waals surface area contributed by atoms with Gasteiger partial charge in [-0.05, 0) is 0 Å². The van der Waals surface area contributed by atoms with Crippen LogP contribution in [0.5, 0.6) is 0 Å². The molecule has 0 aromatic rings. The summed E-state index contributed by atoms with van der Waals surface area (Å²) >= 11 is 0. The maximum atomic E-state index is 12.3. The predicted molar refractivity (Wildman–Crippen MR) is 135 cm³/mol. The van der Waals surface area contributed by atoms with Gasteiger partial charge >= 0.3 is 224 Å². The van der Waals surface area contributed by atoms with E-state index in [9.17, 15) is 29.7 Å². The van der Waals surface area contributed by atoms with Crippen molar-refractivity contribution in [2.45, 2.75) is 109 Å². The Labute approximate surface area is 224 Å². The minimum absolute atomic E-state index is 0.0128. The van der Waals surface area contributed by atoms with Gasteiger partial charge in [-0.1, -0.05) is 0 Å². The number of hydrogen-bond acceptors (Lipinski definition) is 11. The Balaban J connectivity index is 2.39. The fourth-order valence-electron chi connectivity index (χ4n) is 6.77. The number of carbonyl (C=O) groups excluding carboxylic acids is 3. The first-order valence-corrected chi connectivity index (χ1v) is 12.7. The van der Waals surface area contributed by atoms with Crippen LogP contribution in [0, 0.1) is 11.3 Å². The van der Waals surface area contributed by atoms with Crippen LogP contribution in [-0.2, 0) is 38.0 Å². The molecule has 1 saturated heterocycles. The van der Waals surface area contributed by atoms with Gasteiger partial charge < -0.3 is 0 Å². The fourth-order valence-corrected chi connectivity index (χ4v) is 6.77. The number of ether oxygens (including phenoxy) is 4. The average molecular weight is 536 g/mol. The van der Waals surface area contributed by atoms with Crippen LogP contribution in [0.15, 0.2) is 11.1 Å². The fraction of sp³-hybridized carbons (Fsp3) is 0.800. The van der Waals surface area contributed by atoms with Crippen molar-refractivity contribution >= 4 is 32.3 Å². The summed E-state index contributed by atoms with van der Waals surface area (Å²) in [6, 6.07) is 0. The van der Waals surface area contributed by atoms with Crippen LogP contribution < -0.4 is 0 Å². The monoisotopic (exact) mass is 536 g/mol. The molecule has 2 aliphatic carbocycles. The third kappa shape index (κ3) is 5.22. The summed E-state index contributed by atoms with van der Waals surface area (Å²) in [5, 5.41) is 34.9. The van der Waals surface area contributed by atoms with E-state index in [4.69, 9.17) is 23.6 Å². The van der Waals surface area contributed by atoms with Crippen LogP contribution in [0.4, 0.5) is 0 Å². The number of esters is 3. The Morgan fingerprint density at radius 2 is 1.68 bits per heavy atom. The minimum atomic E-state index is -1.65. The van der Waals surface area contributed by atoms with Gasteiger partial charge in [0.1, 0.15) is 0 Å². The van der Waals surface area contributed by atoms with E-state index >= 15 is 0 Å². The molecule has 0 spiro atoms. The quantitative estimate of drug-likeness (QED) is 0.176. The summed E-state index contributed by atoms with van der Waals surface area (Å²) in [4.78, 5) is 36.8. The molecule has 38 heavy (non-hydrogen) atoms. The molecule has 0 unspecified atom stereocenters. The topological polar surface area (TPSA) is 158 Å². The first-order valence-electron chi connectivity index (χ1n) is 12.7. The number of fused-ring (bicyclic) bond motifs is 3. The van der Waals surface area contributed by atoms with Gasteiger partial charge in [0.2, 0.25) is 0 Å². The Bertz CT molecular complexity index is 1010. The molecule has 2 fully saturated rings. The van der Waals surface area contributed by atoms with Crippen molar-refractivity contribution in [3.63, 3.8) is 0 Å². The molecule has 0 aromatic heterocycles. The van der Waals surface area contributed by atoms with E-state index in [1.807, 2.05) is 0 Å². The van der Waals surface area contributed by atoms with Crippen LogP contribution in [0.25, 0.3) is 0 Å². The SMILES string of the molecule is B=BO[C@@H]1C[C@H](OC(C)=O)/C(C)=C(\C(C)(C)O)[C@@H](OC(C)=O)[C@H](O)[C@@]2(C)[C@H]1[C@]1(OC(C)=O)CO[C@@H]1C[C@@H]2O. The Morgan fingerprint density at radius 1 is 1.08 bits per heavy atom. The van der Waals surface area contributed by atoms with Crippen LogP contribution in [0.3, 0.4) is 0 Å². The van der Waals surface area contributed by atoms with Crippen molar-refractivity contribution in [3.05, 3.63) is 11.1 Å². The Kier molecular flexibility index (Phi) is 8.68. The van der Waals surface area contributed by atoms with Gasteiger partial charge in [-0.25, -0.2) is 0 Å². The van der Waals surface area contributed by atoms with Crippen molar-refractivity contribution in [1.82, 2.24) is 0 Å². The molecule has 3 rings (SSSR count). The molecule has 1 heterocycles. The van der Waals surface area contributed by atoms with Gasteiger partial charge in [0.05, 0.1) is 0 Å². The van der Waals surface area contributed by atoms with E-state index in [0.717, 1.165) is 6.92 Å². The molecule has 1 aliphatic heterocycles. The molecule has 1 saturated carbocycles. The van der Waals surface area contributed by atoms with E-state index in [0.29, 0.717) is 5.57 Å². The van der Waals surface area contributed by atoms with Gasteiger partial charge in [0.25, 0.3) is 0 Å². The van der Waals surface area contributed by atoms with Crippen LogP contribution in [0.2, 0.25) is 0 Å². The molecule has 0 amide bonds. The zero-order valence-corrected chi connectivity index (χ0v) is 23.1. The molecule has 3 N–H and O–H groups in total. The number of carbonyl (C=O) groups is 3. The molecule has 9 atom stereocenters. The number of hydrogen-bond donors (Lipinski definition) is 3. The molecular weight excluding hydrogens is 498 g/mol. The van der Waals surface area contributed by atoms with Crippen molar-refractivity contribution < 1.29 is 53.3 Å². The van der Waals surface area contributed by atoms with E-state index < -0.39 is 77.1 Å².